The Balaban J connectivity index is 2.20. The van der Waals surface area contributed by atoms with Crippen LogP contribution in [0.15, 0.2) is 18.3 Å². The second kappa shape index (κ2) is 3.06. The lowest BCUT2D eigenvalue weighted by Gasteiger charge is -2.35. The standard InChI is InChI=1S/C12H11N3O/c13-7-8-2-5-14-11-9(8)6-10(15-11)12(16)3-1-4-12/h2,5-6,16H,1,3-4H2,(H,14,15). The van der Waals surface area contributed by atoms with Crippen molar-refractivity contribution in [3.63, 3.8) is 0 Å². The van der Waals surface area contributed by atoms with E-state index in [1.165, 1.54) is 0 Å². The number of hydrogen-bond acceptors (Lipinski definition) is 3. The van der Waals surface area contributed by atoms with Crippen LogP contribution in [0.25, 0.3) is 11.0 Å². The summed E-state index contributed by atoms with van der Waals surface area (Å²) in [5.74, 6) is 0. The Morgan fingerprint density at radius 2 is 2.31 bits per heavy atom. The molecule has 0 saturated heterocycles. The molecule has 4 heteroatoms. The lowest BCUT2D eigenvalue weighted by atomic mass is 9.78. The van der Waals surface area contributed by atoms with Crippen LogP contribution in [0.2, 0.25) is 0 Å². The number of H-pyrrole nitrogens is 1. The average molecular weight is 213 g/mol. The fourth-order valence-corrected chi connectivity index (χ4v) is 2.16. The highest BCUT2D eigenvalue weighted by Crippen LogP contribution is 2.41. The maximum atomic E-state index is 10.2. The highest BCUT2D eigenvalue weighted by molar-refractivity contribution is 5.83. The fraction of sp³-hybridized carbons (Fsp3) is 0.333. The Kier molecular flexibility index (Phi) is 1.79. The molecule has 0 atom stereocenters. The summed E-state index contributed by atoms with van der Waals surface area (Å²) in [4.78, 5) is 7.27. The molecule has 0 aromatic carbocycles. The first-order valence-corrected chi connectivity index (χ1v) is 5.34. The molecule has 2 aromatic heterocycles. The Morgan fingerprint density at radius 1 is 1.50 bits per heavy atom. The number of aromatic nitrogens is 2. The van der Waals surface area contributed by atoms with Gasteiger partial charge in [-0.1, -0.05) is 0 Å². The van der Waals surface area contributed by atoms with Crippen LogP contribution in [0.1, 0.15) is 30.5 Å². The van der Waals surface area contributed by atoms with Crippen molar-refractivity contribution in [3.8, 4) is 6.07 Å². The van der Waals surface area contributed by atoms with Crippen LogP contribution >= 0.6 is 0 Å². The molecule has 0 aliphatic heterocycles. The van der Waals surface area contributed by atoms with E-state index in [9.17, 15) is 5.11 Å². The third kappa shape index (κ3) is 1.15. The van der Waals surface area contributed by atoms with Gasteiger partial charge in [0.25, 0.3) is 0 Å². The molecule has 1 aliphatic carbocycles. The van der Waals surface area contributed by atoms with E-state index in [-0.39, 0.29) is 0 Å². The van der Waals surface area contributed by atoms with E-state index in [2.05, 4.69) is 16.0 Å². The molecule has 1 fully saturated rings. The Hall–Kier alpha value is -1.86. The van der Waals surface area contributed by atoms with Gasteiger partial charge in [-0.25, -0.2) is 4.98 Å². The number of pyridine rings is 1. The number of nitriles is 1. The topological polar surface area (TPSA) is 72.7 Å². The number of aromatic amines is 1. The number of nitrogens with zero attached hydrogens (tertiary/aromatic N) is 2. The van der Waals surface area contributed by atoms with Crippen LogP contribution in [-0.2, 0) is 5.60 Å². The second-order valence-electron chi connectivity index (χ2n) is 4.30. The molecule has 2 aromatic rings. The quantitative estimate of drug-likeness (QED) is 0.758. The summed E-state index contributed by atoms with van der Waals surface area (Å²) in [6, 6.07) is 5.66. The van der Waals surface area contributed by atoms with Gasteiger partial charge in [0.05, 0.1) is 11.6 Å². The van der Waals surface area contributed by atoms with Crippen molar-refractivity contribution in [2.75, 3.05) is 0 Å². The molecule has 2 N–H and O–H groups in total. The minimum absolute atomic E-state index is 0.593. The first kappa shape index (κ1) is 9.37. The number of nitrogens with one attached hydrogen (secondary N) is 1. The summed E-state index contributed by atoms with van der Waals surface area (Å²) >= 11 is 0. The molecular weight excluding hydrogens is 202 g/mol. The van der Waals surface area contributed by atoms with Gasteiger partial charge in [-0.2, -0.15) is 5.26 Å². The SMILES string of the molecule is N#Cc1ccnc2[nH]c(C3(O)CCC3)cc12. The fourth-order valence-electron chi connectivity index (χ4n) is 2.16. The smallest absolute Gasteiger partial charge is 0.138 e. The van der Waals surface area contributed by atoms with Gasteiger partial charge in [-0.3, -0.25) is 0 Å². The van der Waals surface area contributed by atoms with E-state index >= 15 is 0 Å². The predicted octanol–water partition coefficient (Wildman–Crippen LogP) is 1.81. The zero-order chi connectivity index (χ0) is 11.2. The van der Waals surface area contributed by atoms with E-state index in [0.717, 1.165) is 30.3 Å². The van der Waals surface area contributed by atoms with E-state index in [1.54, 1.807) is 12.3 Å². The van der Waals surface area contributed by atoms with Crippen LogP contribution in [0, 0.1) is 11.3 Å². The number of rotatable bonds is 1. The molecule has 1 aliphatic rings. The highest BCUT2D eigenvalue weighted by Gasteiger charge is 2.37. The highest BCUT2D eigenvalue weighted by atomic mass is 16.3. The van der Waals surface area contributed by atoms with Crippen LogP contribution in [0.3, 0.4) is 0 Å². The molecule has 0 unspecified atom stereocenters. The van der Waals surface area contributed by atoms with Gasteiger partial charge in [-0.15, -0.1) is 0 Å². The summed E-state index contributed by atoms with van der Waals surface area (Å²) in [5, 5.41) is 20.0. The lowest BCUT2D eigenvalue weighted by Crippen LogP contribution is -2.33. The zero-order valence-corrected chi connectivity index (χ0v) is 8.70. The number of aliphatic hydroxyl groups is 1. The Labute approximate surface area is 92.5 Å². The van der Waals surface area contributed by atoms with E-state index < -0.39 is 5.60 Å². The molecule has 16 heavy (non-hydrogen) atoms. The minimum atomic E-state index is -0.729. The van der Waals surface area contributed by atoms with Crippen LogP contribution in [0.4, 0.5) is 0 Å². The van der Waals surface area contributed by atoms with E-state index in [1.807, 2.05) is 6.07 Å². The van der Waals surface area contributed by atoms with Crippen molar-refractivity contribution in [2.24, 2.45) is 0 Å². The Morgan fingerprint density at radius 3 is 2.94 bits per heavy atom. The molecule has 0 amide bonds. The van der Waals surface area contributed by atoms with Gasteiger partial charge in [0.1, 0.15) is 11.2 Å². The summed E-state index contributed by atoms with van der Waals surface area (Å²) in [5.41, 5.74) is 1.32. The van der Waals surface area contributed by atoms with Crippen LogP contribution in [0.5, 0.6) is 0 Å². The third-order valence-electron chi connectivity index (χ3n) is 3.33. The third-order valence-corrected chi connectivity index (χ3v) is 3.33. The zero-order valence-electron chi connectivity index (χ0n) is 8.70. The van der Waals surface area contributed by atoms with Gasteiger partial charge >= 0.3 is 0 Å². The molecule has 4 nitrogen and oxygen atoms in total. The number of hydrogen-bond donors (Lipinski definition) is 2. The first-order valence-electron chi connectivity index (χ1n) is 5.34. The van der Waals surface area contributed by atoms with Gasteiger partial charge in [0.2, 0.25) is 0 Å². The van der Waals surface area contributed by atoms with E-state index in [4.69, 9.17) is 5.26 Å². The van der Waals surface area contributed by atoms with Crippen LogP contribution in [-0.4, -0.2) is 15.1 Å². The second-order valence-corrected chi connectivity index (χ2v) is 4.30. The van der Waals surface area contributed by atoms with E-state index in [0.29, 0.717) is 11.2 Å². The van der Waals surface area contributed by atoms with Gasteiger partial charge < -0.3 is 10.1 Å². The first-order chi connectivity index (χ1) is 7.73. The van der Waals surface area contributed by atoms with Crippen molar-refractivity contribution in [3.05, 3.63) is 29.6 Å². The predicted molar refractivity (Wildman–Crippen MR) is 58.6 cm³/mol. The molecule has 2 heterocycles. The summed E-state index contributed by atoms with van der Waals surface area (Å²) in [6.07, 6.45) is 4.21. The van der Waals surface area contributed by atoms with Crippen molar-refractivity contribution >= 4 is 11.0 Å². The molecular formula is C12H11N3O. The Bertz CT molecular complexity index is 590. The molecule has 3 rings (SSSR count). The maximum Gasteiger partial charge on any atom is 0.138 e. The van der Waals surface area contributed by atoms with Crippen molar-refractivity contribution in [1.82, 2.24) is 9.97 Å². The minimum Gasteiger partial charge on any atom is -0.384 e. The lowest BCUT2D eigenvalue weighted by molar-refractivity contribution is -0.0420. The van der Waals surface area contributed by atoms with Gasteiger partial charge in [0, 0.05) is 17.3 Å². The van der Waals surface area contributed by atoms with Gasteiger partial charge in [-0.05, 0) is 31.4 Å². The molecule has 1 saturated carbocycles. The van der Waals surface area contributed by atoms with Gasteiger partial charge in [0.15, 0.2) is 0 Å². The molecule has 80 valence electrons. The van der Waals surface area contributed by atoms with Crippen molar-refractivity contribution in [1.29, 1.82) is 5.26 Å². The summed E-state index contributed by atoms with van der Waals surface area (Å²) in [6.45, 7) is 0. The summed E-state index contributed by atoms with van der Waals surface area (Å²) in [7, 11) is 0. The number of fused-ring (bicyclic) bond motifs is 1. The molecule has 0 radical (unpaired) electrons. The summed E-state index contributed by atoms with van der Waals surface area (Å²) < 4.78 is 0. The normalized spacial score (nSPS) is 18.0. The van der Waals surface area contributed by atoms with Crippen molar-refractivity contribution < 1.29 is 5.11 Å². The van der Waals surface area contributed by atoms with Crippen LogP contribution < -0.4 is 0 Å². The average Bonchev–Trinajstić information content (AvgIpc) is 2.69. The largest absolute Gasteiger partial charge is 0.384 e. The molecule has 0 bridgehead atoms. The van der Waals surface area contributed by atoms with Crippen molar-refractivity contribution in [2.45, 2.75) is 24.9 Å². The maximum absolute atomic E-state index is 10.2. The molecule has 0 spiro atoms. The monoisotopic (exact) mass is 213 g/mol.